The number of para-hydroxylation sites is 1. The van der Waals surface area contributed by atoms with E-state index >= 15 is 0 Å². The van der Waals surface area contributed by atoms with E-state index in [-0.39, 0.29) is 5.60 Å². The van der Waals surface area contributed by atoms with Crippen molar-refractivity contribution >= 4 is 22.5 Å². The van der Waals surface area contributed by atoms with Crippen molar-refractivity contribution in [3.63, 3.8) is 0 Å². The first-order valence-electron chi connectivity index (χ1n) is 10.8. The Bertz CT molecular complexity index is 1010. The molecule has 1 N–H and O–H groups in total. The SMILES string of the molecule is CC1(C)CC(NCc2cc3ccc(Cl)cc3nc2OCCOc2ccccc2)CCO1. The lowest BCUT2D eigenvalue weighted by molar-refractivity contribution is -0.0630. The molecule has 4 rings (SSSR count). The zero-order chi connectivity index (χ0) is 21.7. The normalized spacial score (nSPS) is 18.1. The van der Waals surface area contributed by atoms with E-state index in [1.54, 1.807) is 0 Å². The lowest BCUT2D eigenvalue weighted by atomic mass is 9.94. The van der Waals surface area contributed by atoms with Crippen LogP contribution < -0.4 is 14.8 Å². The first-order chi connectivity index (χ1) is 15.0. The molecular weight excluding hydrogens is 412 g/mol. The Labute approximate surface area is 188 Å². The van der Waals surface area contributed by atoms with Crippen molar-refractivity contribution in [3.05, 3.63) is 65.2 Å². The van der Waals surface area contributed by atoms with Gasteiger partial charge in [-0.3, -0.25) is 0 Å². The molecule has 6 heteroatoms. The smallest absolute Gasteiger partial charge is 0.218 e. The molecule has 0 amide bonds. The van der Waals surface area contributed by atoms with Gasteiger partial charge < -0.3 is 19.5 Å². The van der Waals surface area contributed by atoms with Gasteiger partial charge in [-0.1, -0.05) is 35.9 Å². The Morgan fingerprint density at radius 2 is 1.90 bits per heavy atom. The second kappa shape index (κ2) is 9.86. The zero-order valence-corrected chi connectivity index (χ0v) is 18.8. The molecule has 0 radical (unpaired) electrons. The maximum atomic E-state index is 6.17. The summed E-state index contributed by atoms with van der Waals surface area (Å²) in [7, 11) is 0. The number of halogens is 1. The van der Waals surface area contributed by atoms with E-state index in [4.69, 9.17) is 30.8 Å². The molecular formula is C25H29ClN2O3. The molecule has 5 nitrogen and oxygen atoms in total. The summed E-state index contributed by atoms with van der Waals surface area (Å²) in [6, 6.07) is 18.0. The Hall–Kier alpha value is -2.34. The van der Waals surface area contributed by atoms with Gasteiger partial charge in [0.15, 0.2) is 0 Å². The van der Waals surface area contributed by atoms with Crippen molar-refractivity contribution in [2.75, 3.05) is 19.8 Å². The van der Waals surface area contributed by atoms with Gasteiger partial charge in [0.25, 0.3) is 0 Å². The van der Waals surface area contributed by atoms with Gasteiger partial charge in [-0.2, -0.15) is 0 Å². The highest BCUT2D eigenvalue weighted by molar-refractivity contribution is 6.31. The molecule has 2 heterocycles. The molecule has 2 aromatic carbocycles. The van der Waals surface area contributed by atoms with Crippen LogP contribution >= 0.6 is 11.6 Å². The number of hydrogen-bond donors (Lipinski definition) is 1. The first kappa shape index (κ1) is 21.9. The van der Waals surface area contributed by atoms with Gasteiger partial charge in [-0.05, 0) is 57.0 Å². The number of nitrogens with one attached hydrogen (secondary N) is 1. The van der Waals surface area contributed by atoms with Crippen LogP contribution in [0.1, 0.15) is 32.3 Å². The largest absolute Gasteiger partial charge is 0.490 e. The van der Waals surface area contributed by atoms with Crippen LogP contribution in [0.3, 0.4) is 0 Å². The predicted molar refractivity (Wildman–Crippen MR) is 124 cm³/mol. The quantitative estimate of drug-likeness (QED) is 0.476. The van der Waals surface area contributed by atoms with Crippen LogP contribution in [0.2, 0.25) is 5.02 Å². The van der Waals surface area contributed by atoms with Crippen molar-refractivity contribution in [2.45, 2.75) is 44.9 Å². The van der Waals surface area contributed by atoms with Gasteiger partial charge in [0.05, 0.1) is 11.1 Å². The zero-order valence-electron chi connectivity index (χ0n) is 18.1. The average Bonchev–Trinajstić information content (AvgIpc) is 2.75. The van der Waals surface area contributed by atoms with Gasteiger partial charge in [-0.25, -0.2) is 4.98 Å². The molecule has 3 aromatic rings. The van der Waals surface area contributed by atoms with E-state index in [2.05, 4.69) is 25.2 Å². The highest BCUT2D eigenvalue weighted by Crippen LogP contribution is 2.27. The Morgan fingerprint density at radius 3 is 2.71 bits per heavy atom. The number of aromatic nitrogens is 1. The molecule has 164 valence electrons. The Kier molecular flexibility index (Phi) is 6.96. The highest BCUT2D eigenvalue weighted by Gasteiger charge is 2.28. The maximum absolute atomic E-state index is 6.17. The maximum Gasteiger partial charge on any atom is 0.218 e. The number of fused-ring (bicyclic) bond motifs is 1. The third-order valence-electron chi connectivity index (χ3n) is 5.43. The van der Waals surface area contributed by atoms with Gasteiger partial charge in [-0.15, -0.1) is 0 Å². The predicted octanol–water partition coefficient (Wildman–Crippen LogP) is 5.39. The van der Waals surface area contributed by atoms with E-state index < -0.39 is 0 Å². The van der Waals surface area contributed by atoms with Crippen LogP contribution in [-0.2, 0) is 11.3 Å². The second-order valence-corrected chi connectivity index (χ2v) is 8.91. The minimum Gasteiger partial charge on any atom is -0.490 e. The average molecular weight is 441 g/mol. The number of nitrogens with zero attached hydrogens (tertiary/aromatic N) is 1. The molecule has 1 aliphatic rings. The number of pyridine rings is 1. The Balaban J connectivity index is 1.45. The van der Waals surface area contributed by atoms with Gasteiger partial charge in [0.1, 0.15) is 19.0 Å². The lowest BCUT2D eigenvalue weighted by Crippen LogP contribution is -2.43. The minimum atomic E-state index is -0.0948. The standard InChI is InChI=1S/C25H29ClN2O3/c1-25(2)16-21(10-11-31-25)27-17-19-14-18-8-9-20(26)15-23(18)28-24(19)30-13-12-29-22-6-4-3-5-7-22/h3-9,14-15,21,27H,10-13,16-17H2,1-2H3. The third-order valence-corrected chi connectivity index (χ3v) is 5.67. The molecule has 1 aliphatic heterocycles. The summed E-state index contributed by atoms with van der Waals surface area (Å²) in [5.74, 6) is 1.44. The van der Waals surface area contributed by atoms with E-state index in [0.717, 1.165) is 41.7 Å². The van der Waals surface area contributed by atoms with Crippen LogP contribution in [-0.4, -0.2) is 36.4 Å². The van der Waals surface area contributed by atoms with Crippen LogP contribution in [0.25, 0.3) is 10.9 Å². The number of benzene rings is 2. The van der Waals surface area contributed by atoms with Gasteiger partial charge in [0.2, 0.25) is 5.88 Å². The van der Waals surface area contributed by atoms with E-state index in [1.807, 2.05) is 48.5 Å². The molecule has 1 unspecified atom stereocenters. The summed E-state index contributed by atoms with van der Waals surface area (Å²) >= 11 is 6.17. The Morgan fingerprint density at radius 1 is 1.10 bits per heavy atom. The second-order valence-electron chi connectivity index (χ2n) is 8.48. The van der Waals surface area contributed by atoms with E-state index in [9.17, 15) is 0 Å². The molecule has 1 atom stereocenters. The van der Waals surface area contributed by atoms with Gasteiger partial charge in [0, 0.05) is 35.2 Å². The number of hydrogen-bond acceptors (Lipinski definition) is 5. The van der Waals surface area contributed by atoms with Crippen molar-refractivity contribution in [3.8, 4) is 11.6 Å². The van der Waals surface area contributed by atoms with Crippen molar-refractivity contribution in [2.24, 2.45) is 0 Å². The van der Waals surface area contributed by atoms with Crippen LogP contribution in [0.4, 0.5) is 0 Å². The molecule has 1 aromatic heterocycles. The topological polar surface area (TPSA) is 52.6 Å². The van der Waals surface area contributed by atoms with Crippen molar-refractivity contribution in [1.82, 2.24) is 10.3 Å². The lowest BCUT2D eigenvalue weighted by Gasteiger charge is -2.36. The summed E-state index contributed by atoms with van der Waals surface area (Å²) in [6.07, 6.45) is 1.98. The third kappa shape index (κ3) is 6.10. The first-order valence-corrected chi connectivity index (χ1v) is 11.1. The van der Waals surface area contributed by atoms with Crippen LogP contribution in [0.5, 0.6) is 11.6 Å². The van der Waals surface area contributed by atoms with Crippen molar-refractivity contribution < 1.29 is 14.2 Å². The fourth-order valence-electron chi connectivity index (χ4n) is 3.89. The summed E-state index contributed by atoms with van der Waals surface area (Å²) in [4.78, 5) is 4.75. The van der Waals surface area contributed by atoms with Crippen LogP contribution in [0, 0.1) is 0 Å². The number of ether oxygens (including phenoxy) is 3. The van der Waals surface area contributed by atoms with E-state index in [1.165, 1.54) is 0 Å². The highest BCUT2D eigenvalue weighted by atomic mass is 35.5. The monoisotopic (exact) mass is 440 g/mol. The molecule has 0 bridgehead atoms. The molecule has 0 spiro atoms. The molecule has 31 heavy (non-hydrogen) atoms. The van der Waals surface area contributed by atoms with Gasteiger partial charge >= 0.3 is 0 Å². The summed E-state index contributed by atoms with van der Waals surface area (Å²) < 4.78 is 17.6. The summed E-state index contributed by atoms with van der Waals surface area (Å²) in [5.41, 5.74) is 1.75. The minimum absolute atomic E-state index is 0.0948. The van der Waals surface area contributed by atoms with Crippen molar-refractivity contribution in [1.29, 1.82) is 0 Å². The molecule has 1 fully saturated rings. The summed E-state index contributed by atoms with van der Waals surface area (Å²) in [6.45, 7) is 6.60. The fourth-order valence-corrected chi connectivity index (χ4v) is 4.06. The molecule has 1 saturated heterocycles. The molecule has 0 saturated carbocycles. The number of rotatable bonds is 8. The van der Waals surface area contributed by atoms with E-state index in [0.29, 0.717) is 36.7 Å². The molecule has 0 aliphatic carbocycles. The fraction of sp³-hybridized carbons (Fsp3) is 0.400. The summed E-state index contributed by atoms with van der Waals surface area (Å²) in [5, 5.41) is 5.37. The van der Waals surface area contributed by atoms with Crippen LogP contribution in [0.15, 0.2) is 54.6 Å².